The van der Waals surface area contributed by atoms with E-state index in [0.29, 0.717) is 4.47 Å². The normalized spacial score (nSPS) is 12.1. The predicted molar refractivity (Wildman–Crippen MR) is 77.2 cm³/mol. The Balaban J connectivity index is 2.20. The van der Waals surface area contributed by atoms with Crippen molar-refractivity contribution in [3.05, 3.63) is 55.2 Å². The average Bonchev–Trinajstić information content (AvgIpc) is 2.85. The van der Waals surface area contributed by atoms with Gasteiger partial charge in [-0.15, -0.1) is 0 Å². The number of hydrogen-bond acceptors (Lipinski definition) is 4. The summed E-state index contributed by atoms with van der Waals surface area (Å²) in [4.78, 5) is 10.4. The van der Waals surface area contributed by atoms with Crippen LogP contribution in [0.2, 0.25) is 0 Å². The second kappa shape index (κ2) is 5.49. The Morgan fingerprint density at radius 1 is 1.44 bits per heavy atom. The molecule has 1 unspecified atom stereocenters. The summed E-state index contributed by atoms with van der Waals surface area (Å²) >= 11 is 4.80. The largest absolute Gasteiger partial charge is 0.378 e. The molecule has 0 saturated heterocycles. The van der Waals surface area contributed by atoms with E-state index < -0.39 is 4.92 Å². The standard InChI is InChI=1S/C12H11BrN2O2S/c1-8(9-4-5-18-7-9)14-10-2-3-11(13)12(6-10)15(16)17/h2-8,14H,1H3. The van der Waals surface area contributed by atoms with Gasteiger partial charge in [-0.1, -0.05) is 0 Å². The highest BCUT2D eigenvalue weighted by Gasteiger charge is 2.13. The Labute approximate surface area is 117 Å². The van der Waals surface area contributed by atoms with Crippen LogP contribution in [-0.4, -0.2) is 4.92 Å². The van der Waals surface area contributed by atoms with Gasteiger partial charge in [0.05, 0.1) is 9.40 Å². The maximum absolute atomic E-state index is 10.8. The summed E-state index contributed by atoms with van der Waals surface area (Å²) in [5.74, 6) is 0. The lowest BCUT2D eigenvalue weighted by Crippen LogP contribution is -2.05. The molecule has 0 fully saturated rings. The van der Waals surface area contributed by atoms with Crippen molar-refractivity contribution in [1.29, 1.82) is 0 Å². The van der Waals surface area contributed by atoms with E-state index in [1.165, 1.54) is 11.6 Å². The second-order valence-electron chi connectivity index (χ2n) is 3.85. The van der Waals surface area contributed by atoms with Gasteiger partial charge in [0.1, 0.15) is 0 Å². The fourth-order valence-corrected chi connectivity index (χ4v) is 2.74. The molecule has 0 radical (unpaired) electrons. The minimum absolute atomic E-state index is 0.0671. The van der Waals surface area contributed by atoms with Gasteiger partial charge in [0, 0.05) is 17.8 Å². The molecule has 2 aromatic rings. The maximum atomic E-state index is 10.8. The van der Waals surface area contributed by atoms with Crippen LogP contribution in [0.4, 0.5) is 11.4 Å². The van der Waals surface area contributed by atoms with Crippen LogP contribution in [0.15, 0.2) is 39.5 Å². The Bertz CT molecular complexity index is 557. The van der Waals surface area contributed by atoms with E-state index in [4.69, 9.17) is 0 Å². The van der Waals surface area contributed by atoms with Crippen molar-refractivity contribution in [1.82, 2.24) is 0 Å². The van der Waals surface area contributed by atoms with Crippen molar-refractivity contribution < 1.29 is 4.92 Å². The molecule has 2 rings (SSSR count). The molecule has 94 valence electrons. The number of benzene rings is 1. The third-order valence-corrected chi connectivity index (χ3v) is 3.94. The highest BCUT2D eigenvalue weighted by molar-refractivity contribution is 9.10. The lowest BCUT2D eigenvalue weighted by molar-refractivity contribution is -0.385. The number of thiophene rings is 1. The van der Waals surface area contributed by atoms with Gasteiger partial charge < -0.3 is 5.32 Å². The van der Waals surface area contributed by atoms with Gasteiger partial charge in [0.15, 0.2) is 0 Å². The Morgan fingerprint density at radius 3 is 2.83 bits per heavy atom. The molecule has 1 N–H and O–H groups in total. The molecule has 1 aromatic heterocycles. The van der Waals surface area contributed by atoms with Crippen LogP contribution in [0.5, 0.6) is 0 Å². The molecule has 0 aliphatic carbocycles. The van der Waals surface area contributed by atoms with Crippen LogP contribution < -0.4 is 5.32 Å². The summed E-state index contributed by atoms with van der Waals surface area (Å²) in [5.41, 5.74) is 1.98. The number of hydrogen-bond donors (Lipinski definition) is 1. The zero-order valence-electron chi connectivity index (χ0n) is 9.59. The predicted octanol–water partition coefficient (Wildman–Crippen LogP) is 4.59. The summed E-state index contributed by atoms with van der Waals surface area (Å²) in [6.07, 6.45) is 0. The highest BCUT2D eigenvalue weighted by Crippen LogP contribution is 2.29. The molecular weight excluding hydrogens is 316 g/mol. The van der Waals surface area contributed by atoms with Crippen molar-refractivity contribution in [3.63, 3.8) is 0 Å². The molecule has 0 amide bonds. The molecule has 1 heterocycles. The smallest absolute Gasteiger partial charge is 0.285 e. The number of halogens is 1. The highest BCUT2D eigenvalue weighted by atomic mass is 79.9. The monoisotopic (exact) mass is 326 g/mol. The van der Waals surface area contributed by atoms with E-state index in [1.807, 2.05) is 24.4 Å². The van der Waals surface area contributed by atoms with Gasteiger partial charge in [-0.05, 0) is 57.4 Å². The molecule has 0 spiro atoms. The molecule has 1 aromatic carbocycles. The zero-order valence-corrected chi connectivity index (χ0v) is 12.0. The van der Waals surface area contributed by atoms with Crippen molar-refractivity contribution >= 4 is 38.6 Å². The number of nitro benzene ring substituents is 1. The van der Waals surface area contributed by atoms with Crippen LogP contribution in [0, 0.1) is 10.1 Å². The van der Waals surface area contributed by atoms with E-state index in [1.54, 1.807) is 17.4 Å². The van der Waals surface area contributed by atoms with Gasteiger partial charge in [0.2, 0.25) is 0 Å². The Morgan fingerprint density at radius 2 is 2.22 bits per heavy atom. The van der Waals surface area contributed by atoms with Gasteiger partial charge in [-0.2, -0.15) is 11.3 Å². The van der Waals surface area contributed by atoms with Gasteiger partial charge in [0.25, 0.3) is 5.69 Å². The summed E-state index contributed by atoms with van der Waals surface area (Å²) in [6, 6.07) is 7.19. The van der Waals surface area contributed by atoms with Crippen molar-refractivity contribution in [2.75, 3.05) is 5.32 Å². The molecule has 0 saturated carbocycles. The molecule has 0 aliphatic rings. The van der Waals surface area contributed by atoms with E-state index in [9.17, 15) is 10.1 Å². The number of rotatable bonds is 4. The topological polar surface area (TPSA) is 55.2 Å². The SMILES string of the molecule is CC(Nc1ccc(Br)c([N+](=O)[O-])c1)c1ccsc1. The molecule has 18 heavy (non-hydrogen) atoms. The van der Waals surface area contributed by atoms with E-state index in [-0.39, 0.29) is 11.7 Å². The van der Waals surface area contributed by atoms with Gasteiger partial charge >= 0.3 is 0 Å². The molecule has 6 heteroatoms. The first kappa shape index (κ1) is 13.0. The fourth-order valence-electron chi connectivity index (χ4n) is 1.60. The van der Waals surface area contributed by atoms with Gasteiger partial charge in [-0.3, -0.25) is 10.1 Å². The van der Waals surface area contributed by atoms with Crippen molar-refractivity contribution in [2.24, 2.45) is 0 Å². The first-order valence-electron chi connectivity index (χ1n) is 5.30. The van der Waals surface area contributed by atoms with Crippen LogP contribution in [-0.2, 0) is 0 Å². The third-order valence-electron chi connectivity index (χ3n) is 2.57. The van der Waals surface area contributed by atoms with E-state index in [0.717, 1.165) is 5.69 Å². The number of anilines is 1. The summed E-state index contributed by atoms with van der Waals surface area (Å²) < 4.78 is 0.487. The molecule has 4 nitrogen and oxygen atoms in total. The first-order chi connectivity index (χ1) is 8.58. The average molecular weight is 327 g/mol. The molecule has 1 atom stereocenters. The Kier molecular flexibility index (Phi) is 3.98. The van der Waals surface area contributed by atoms with Crippen LogP contribution in [0.3, 0.4) is 0 Å². The Hall–Kier alpha value is -1.40. The zero-order chi connectivity index (χ0) is 13.1. The number of nitro groups is 1. The summed E-state index contributed by atoms with van der Waals surface area (Å²) in [6.45, 7) is 2.02. The van der Waals surface area contributed by atoms with Crippen LogP contribution in [0.1, 0.15) is 18.5 Å². The number of nitrogens with one attached hydrogen (secondary N) is 1. The summed E-state index contributed by atoms with van der Waals surface area (Å²) in [7, 11) is 0. The van der Waals surface area contributed by atoms with Crippen molar-refractivity contribution in [3.8, 4) is 0 Å². The second-order valence-corrected chi connectivity index (χ2v) is 5.48. The van der Waals surface area contributed by atoms with Crippen LogP contribution >= 0.6 is 27.3 Å². The van der Waals surface area contributed by atoms with Crippen LogP contribution in [0.25, 0.3) is 0 Å². The van der Waals surface area contributed by atoms with E-state index in [2.05, 4.69) is 26.6 Å². The third kappa shape index (κ3) is 2.88. The maximum Gasteiger partial charge on any atom is 0.285 e. The molecule has 0 bridgehead atoms. The van der Waals surface area contributed by atoms with E-state index >= 15 is 0 Å². The lowest BCUT2D eigenvalue weighted by atomic mass is 10.1. The minimum Gasteiger partial charge on any atom is -0.378 e. The first-order valence-corrected chi connectivity index (χ1v) is 7.04. The minimum atomic E-state index is -0.398. The lowest BCUT2D eigenvalue weighted by Gasteiger charge is -2.14. The number of nitrogens with zero attached hydrogens (tertiary/aromatic N) is 1. The fraction of sp³-hybridized carbons (Fsp3) is 0.167. The molecular formula is C12H11BrN2O2S. The summed E-state index contributed by atoms with van der Waals surface area (Å²) in [5, 5.41) is 18.2. The quantitative estimate of drug-likeness (QED) is 0.660. The molecule has 0 aliphatic heterocycles. The van der Waals surface area contributed by atoms with Gasteiger partial charge in [-0.25, -0.2) is 0 Å². The van der Waals surface area contributed by atoms with Crippen molar-refractivity contribution in [2.45, 2.75) is 13.0 Å².